The van der Waals surface area contributed by atoms with E-state index in [2.05, 4.69) is 20.5 Å². The summed E-state index contributed by atoms with van der Waals surface area (Å²) < 4.78 is 30.0. The van der Waals surface area contributed by atoms with Gasteiger partial charge in [-0.25, -0.2) is 8.78 Å². The lowest BCUT2D eigenvalue weighted by atomic mass is 9.66. The molecule has 9 nitrogen and oxygen atoms in total. The van der Waals surface area contributed by atoms with Crippen molar-refractivity contribution in [3.8, 4) is 0 Å². The molecule has 38 heavy (non-hydrogen) atoms. The lowest BCUT2D eigenvalue weighted by molar-refractivity contribution is -0.135. The van der Waals surface area contributed by atoms with Crippen molar-refractivity contribution < 1.29 is 18.4 Å². The molecule has 2 amide bonds. The van der Waals surface area contributed by atoms with Gasteiger partial charge in [-0.1, -0.05) is 19.3 Å². The molecule has 6 atom stereocenters. The van der Waals surface area contributed by atoms with E-state index in [4.69, 9.17) is 11.5 Å². The predicted octanol–water partition coefficient (Wildman–Crippen LogP) is 0.717. The third-order valence-corrected chi connectivity index (χ3v) is 9.54. The maximum Gasteiger partial charge on any atom is 0.228 e. The fourth-order valence-corrected chi connectivity index (χ4v) is 7.38. The molecule has 5 rings (SSSR count). The molecule has 1 spiro atoms. The number of carbonyl (C=O) groups excluding carboxylic acids is 2. The number of piperazine rings is 1. The topological polar surface area (TPSA) is 129 Å². The largest absolute Gasteiger partial charge is 0.350 e. The van der Waals surface area contributed by atoms with E-state index in [1.807, 2.05) is 4.90 Å². The number of piperidine rings is 1. The Morgan fingerprint density at radius 2 is 1.74 bits per heavy atom. The fraction of sp³-hybridized carbons (Fsp3) is 0.889. The summed E-state index contributed by atoms with van der Waals surface area (Å²) in [7, 11) is 0. The van der Waals surface area contributed by atoms with Crippen LogP contribution in [-0.4, -0.2) is 104 Å². The van der Waals surface area contributed by atoms with E-state index in [0.29, 0.717) is 45.6 Å². The average Bonchev–Trinajstić information content (AvgIpc) is 3.74. The number of hydrogen-bond acceptors (Lipinski definition) is 7. The Kier molecular flexibility index (Phi) is 8.66. The van der Waals surface area contributed by atoms with E-state index in [9.17, 15) is 14.0 Å². The number of hydrogen-bond donors (Lipinski definition) is 4. The van der Waals surface area contributed by atoms with Crippen molar-refractivity contribution in [1.82, 2.24) is 20.4 Å². The molecule has 2 saturated heterocycles. The van der Waals surface area contributed by atoms with Gasteiger partial charge in [-0.05, 0) is 43.9 Å². The molecular formula is C27H45F2N7O2. The zero-order chi connectivity index (χ0) is 26.9. The number of alkyl halides is 2. The Morgan fingerprint density at radius 1 is 1.03 bits per heavy atom. The van der Waals surface area contributed by atoms with Gasteiger partial charge in [0.2, 0.25) is 11.8 Å². The van der Waals surface area contributed by atoms with Crippen molar-refractivity contribution in [2.75, 3.05) is 39.3 Å². The monoisotopic (exact) mass is 537 g/mol. The number of aliphatic imine (C=N–C) groups is 1. The van der Waals surface area contributed by atoms with Crippen molar-refractivity contribution in [1.29, 1.82) is 0 Å². The van der Waals surface area contributed by atoms with E-state index in [-0.39, 0.29) is 29.7 Å². The minimum Gasteiger partial charge on any atom is -0.350 e. The third kappa shape index (κ3) is 6.21. The third-order valence-electron chi connectivity index (χ3n) is 9.54. The lowest BCUT2D eigenvalue weighted by Gasteiger charge is -2.46. The summed E-state index contributed by atoms with van der Waals surface area (Å²) in [6.07, 6.45) is 6.11. The van der Waals surface area contributed by atoms with E-state index in [1.54, 1.807) is 0 Å². The van der Waals surface area contributed by atoms with Crippen molar-refractivity contribution in [3.05, 3.63) is 0 Å². The second-order valence-corrected chi connectivity index (χ2v) is 12.4. The van der Waals surface area contributed by atoms with Crippen LogP contribution >= 0.6 is 0 Å². The molecule has 2 saturated carbocycles. The smallest absolute Gasteiger partial charge is 0.228 e. The van der Waals surface area contributed by atoms with Crippen LogP contribution in [0.4, 0.5) is 8.78 Å². The molecule has 11 heteroatoms. The van der Waals surface area contributed by atoms with Crippen LogP contribution in [0.3, 0.4) is 0 Å². The highest BCUT2D eigenvalue weighted by Gasteiger charge is 2.46. The number of nitrogens with zero attached hydrogens (tertiary/aromatic N) is 3. The maximum atomic E-state index is 15.3. The van der Waals surface area contributed by atoms with Crippen LogP contribution in [0, 0.1) is 17.3 Å². The van der Waals surface area contributed by atoms with Crippen molar-refractivity contribution >= 4 is 18.0 Å². The molecule has 0 bridgehead atoms. The van der Waals surface area contributed by atoms with Crippen LogP contribution in [0.5, 0.6) is 0 Å². The summed E-state index contributed by atoms with van der Waals surface area (Å²) in [5.74, 6) is -0.791. The molecule has 2 aliphatic carbocycles. The second-order valence-electron chi connectivity index (χ2n) is 12.4. The SMILES string of the molecule is NC(N)C(C(=O)NC1CNCC(F)C1N1CCN(C(=O)C2CC2)CC1)C1CC2(CCCCC2)CC(F)C=N1. The quantitative estimate of drug-likeness (QED) is 0.370. The van der Waals surface area contributed by atoms with Crippen LogP contribution in [0.25, 0.3) is 0 Å². The van der Waals surface area contributed by atoms with Gasteiger partial charge in [-0.15, -0.1) is 0 Å². The minimum atomic E-state index is -1.17. The Labute approximate surface area is 224 Å². The highest BCUT2D eigenvalue weighted by atomic mass is 19.1. The highest BCUT2D eigenvalue weighted by molar-refractivity contribution is 5.81. The van der Waals surface area contributed by atoms with E-state index in [1.165, 1.54) is 6.21 Å². The summed E-state index contributed by atoms with van der Waals surface area (Å²) in [4.78, 5) is 34.6. The number of carbonyl (C=O) groups is 2. The molecule has 0 aromatic carbocycles. The van der Waals surface area contributed by atoms with Gasteiger partial charge in [0.15, 0.2) is 0 Å². The molecule has 4 fully saturated rings. The summed E-state index contributed by atoms with van der Waals surface area (Å²) in [6, 6.07) is -1.50. The van der Waals surface area contributed by atoms with Crippen LogP contribution in [-0.2, 0) is 9.59 Å². The van der Waals surface area contributed by atoms with Crippen molar-refractivity contribution in [3.63, 3.8) is 0 Å². The van der Waals surface area contributed by atoms with Gasteiger partial charge in [0.25, 0.3) is 0 Å². The molecule has 214 valence electrons. The molecule has 3 heterocycles. The first kappa shape index (κ1) is 27.9. The summed E-state index contributed by atoms with van der Waals surface area (Å²) in [5.41, 5.74) is 12.1. The van der Waals surface area contributed by atoms with E-state index in [0.717, 1.165) is 44.9 Å². The van der Waals surface area contributed by atoms with Gasteiger partial charge in [0.1, 0.15) is 12.3 Å². The molecule has 0 aromatic heterocycles. The Hall–Kier alpha value is -1.69. The number of halogens is 2. The number of nitrogens with one attached hydrogen (secondary N) is 2. The summed E-state index contributed by atoms with van der Waals surface area (Å²) in [5, 5.41) is 6.17. The molecule has 0 aromatic rings. The minimum absolute atomic E-state index is 0.172. The lowest BCUT2D eigenvalue weighted by Crippen LogP contribution is -2.68. The summed E-state index contributed by atoms with van der Waals surface area (Å²) >= 11 is 0. The van der Waals surface area contributed by atoms with Crippen LogP contribution in [0.2, 0.25) is 0 Å². The first-order valence-electron chi connectivity index (χ1n) is 14.6. The molecular weight excluding hydrogens is 492 g/mol. The zero-order valence-electron chi connectivity index (χ0n) is 22.4. The molecule has 5 aliphatic rings. The van der Waals surface area contributed by atoms with Crippen molar-refractivity contribution in [2.24, 2.45) is 33.7 Å². The molecule has 6 unspecified atom stereocenters. The zero-order valence-corrected chi connectivity index (χ0v) is 22.4. The average molecular weight is 538 g/mol. The second kappa shape index (κ2) is 11.8. The van der Waals surface area contributed by atoms with Crippen LogP contribution < -0.4 is 22.1 Å². The normalized spacial score (nSPS) is 35.2. The van der Waals surface area contributed by atoms with Gasteiger partial charge in [0, 0.05) is 51.4 Å². The summed E-state index contributed by atoms with van der Waals surface area (Å²) in [6.45, 7) is 2.94. The Bertz CT molecular complexity index is 871. The highest BCUT2D eigenvalue weighted by Crippen LogP contribution is 2.46. The molecule has 0 radical (unpaired) electrons. The van der Waals surface area contributed by atoms with Gasteiger partial charge >= 0.3 is 0 Å². The molecule has 3 aliphatic heterocycles. The maximum absolute atomic E-state index is 15.3. The van der Waals surface area contributed by atoms with Gasteiger partial charge < -0.3 is 27.0 Å². The van der Waals surface area contributed by atoms with Crippen LogP contribution in [0.15, 0.2) is 4.99 Å². The Morgan fingerprint density at radius 3 is 2.39 bits per heavy atom. The van der Waals surface area contributed by atoms with E-state index >= 15 is 4.39 Å². The van der Waals surface area contributed by atoms with Gasteiger partial charge in [-0.2, -0.15) is 0 Å². The van der Waals surface area contributed by atoms with Crippen LogP contribution in [0.1, 0.15) is 57.8 Å². The van der Waals surface area contributed by atoms with Gasteiger partial charge in [-0.3, -0.25) is 19.5 Å². The Balaban J connectivity index is 1.27. The number of rotatable bonds is 6. The van der Waals surface area contributed by atoms with Gasteiger partial charge in [0.05, 0.1) is 30.2 Å². The fourth-order valence-electron chi connectivity index (χ4n) is 7.38. The predicted molar refractivity (Wildman–Crippen MR) is 142 cm³/mol. The molecule has 6 N–H and O–H groups in total. The first-order chi connectivity index (χ1) is 18.3. The number of nitrogens with two attached hydrogens (primary N) is 2. The standard InChI is InChI=1S/C27H45F2N7O2/c28-18-12-27(6-2-1-3-7-27)13-20(33-14-18)22(24(30)31)25(37)34-21-16-32-15-19(29)23(21)35-8-10-36(11-9-35)26(38)17-4-5-17/h14,17-24,32H,1-13,15-16,30-31H2,(H,34,37). The first-order valence-corrected chi connectivity index (χ1v) is 14.6. The number of amides is 2. The van der Waals surface area contributed by atoms with E-state index < -0.39 is 42.6 Å². The van der Waals surface area contributed by atoms with Crippen molar-refractivity contribution in [2.45, 2.75) is 94.4 Å².